The van der Waals surface area contributed by atoms with Crippen LogP contribution in [0.4, 0.5) is 0 Å². The van der Waals surface area contributed by atoms with Crippen molar-refractivity contribution in [3.63, 3.8) is 0 Å². The number of rotatable bonds is 4. The lowest BCUT2D eigenvalue weighted by Crippen LogP contribution is -2.35. The molecule has 3 heterocycles. The van der Waals surface area contributed by atoms with Crippen LogP contribution in [0, 0.1) is 5.92 Å². The summed E-state index contributed by atoms with van der Waals surface area (Å²) in [4.78, 5) is 24.3. The fourth-order valence-corrected chi connectivity index (χ4v) is 4.31. The summed E-state index contributed by atoms with van der Waals surface area (Å²) < 4.78 is 2.04. The Bertz CT molecular complexity index is 748. The highest BCUT2D eigenvalue weighted by Crippen LogP contribution is 2.35. The molecule has 0 unspecified atom stereocenters. The Morgan fingerprint density at radius 1 is 1.20 bits per heavy atom. The van der Waals surface area contributed by atoms with Gasteiger partial charge in [-0.1, -0.05) is 25.8 Å². The zero-order valence-electron chi connectivity index (χ0n) is 14.9. The molecule has 132 valence electrons. The molecule has 1 saturated carbocycles. The first-order chi connectivity index (χ1) is 12.3. The smallest absolute Gasteiger partial charge is 0.226 e. The Balaban J connectivity index is 1.60. The standard InChI is InChI=1S/C20H26N4O/c1-2-18-21-12-14-24(18)19-11-5-9-16(22-19)17-10-6-13-23(17)20(25)15-7-3-4-8-15/h5,9,11-12,14-15,17H,2-4,6-8,10,13H2,1H3/t17-/m0/s1. The predicted molar refractivity (Wildman–Crippen MR) is 96.4 cm³/mol. The first kappa shape index (κ1) is 16.3. The molecule has 0 aromatic carbocycles. The summed E-state index contributed by atoms with van der Waals surface area (Å²) in [5.41, 5.74) is 1.01. The SMILES string of the molecule is CCc1nccn1-c1cccc([C@@H]2CCCN2C(=O)C2CCCC2)n1. The van der Waals surface area contributed by atoms with Crippen LogP contribution in [-0.4, -0.2) is 31.9 Å². The topological polar surface area (TPSA) is 51.0 Å². The second-order valence-electron chi connectivity index (χ2n) is 7.16. The van der Waals surface area contributed by atoms with Gasteiger partial charge in [0.05, 0.1) is 11.7 Å². The van der Waals surface area contributed by atoms with Gasteiger partial charge in [0.2, 0.25) is 5.91 Å². The van der Waals surface area contributed by atoms with Crippen LogP contribution in [-0.2, 0) is 11.2 Å². The lowest BCUT2D eigenvalue weighted by atomic mass is 10.0. The van der Waals surface area contributed by atoms with E-state index in [1.54, 1.807) is 0 Å². The molecule has 1 aliphatic carbocycles. The van der Waals surface area contributed by atoms with E-state index in [2.05, 4.69) is 22.9 Å². The first-order valence-corrected chi connectivity index (χ1v) is 9.58. The van der Waals surface area contributed by atoms with E-state index in [0.717, 1.165) is 56.0 Å². The lowest BCUT2D eigenvalue weighted by molar-refractivity contribution is -0.136. The Morgan fingerprint density at radius 3 is 2.84 bits per heavy atom. The third-order valence-corrected chi connectivity index (χ3v) is 5.62. The highest BCUT2D eigenvalue weighted by molar-refractivity contribution is 5.79. The highest BCUT2D eigenvalue weighted by atomic mass is 16.2. The number of carbonyl (C=O) groups excluding carboxylic acids is 1. The van der Waals surface area contributed by atoms with Crippen molar-refractivity contribution in [2.45, 2.75) is 57.9 Å². The number of carbonyl (C=O) groups is 1. The number of aryl methyl sites for hydroxylation is 1. The molecule has 0 N–H and O–H groups in total. The van der Waals surface area contributed by atoms with Gasteiger partial charge in [0.15, 0.2) is 0 Å². The molecule has 2 aromatic rings. The summed E-state index contributed by atoms with van der Waals surface area (Å²) in [6.07, 6.45) is 11.2. The van der Waals surface area contributed by atoms with Gasteiger partial charge in [-0.05, 0) is 37.8 Å². The summed E-state index contributed by atoms with van der Waals surface area (Å²) in [5.74, 6) is 2.50. The van der Waals surface area contributed by atoms with E-state index in [1.807, 2.05) is 29.1 Å². The highest BCUT2D eigenvalue weighted by Gasteiger charge is 2.35. The van der Waals surface area contributed by atoms with Crippen molar-refractivity contribution in [3.05, 3.63) is 42.1 Å². The first-order valence-electron chi connectivity index (χ1n) is 9.58. The molecular formula is C20H26N4O. The van der Waals surface area contributed by atoms with Crippen molar-refractivity contribution in [2.24, 2.45) is 5.92 Å². The van der Waals surface area contributed by atoms with E-state index in [1.165, 1.54) is 12.8 Å². The van der Waals surface area contributed by atoms with Crippen molar-refractivity contribution in [3.8, 4) is 5.82 Å². The van der Waals surface area contributed by atoms with Gasteiger partial charge >= 0.3 is 0 Å². The molecule has 0 bridgehead atoms. The van der Waals surface area contributed by atoms with Gasteiger partial charge in [0.25, 0.3) is 0 Å². The molecule has 1 amide bonds. The van der Waals surface area contributed by atoms with Crippen LogP contribution in [0.2, 0.25) is 0 Å². The monoisotopic (exact) mass is 338 g/mol. The molecule has 5 heteroatoms. The molecule has 2 fully saturated rings. The van der Waals surface area contributed by atoms with Gasteiger partial charge in [-0.25, -0.2) is 9.97 Å². The van der Waals surface area contributed by atoms with Crippen LogP contribution in [0.25, 0.3) is 5.82 Å². The van der Waals surface area contributed by atoms with Gasteiger partial charge in [-0.2, -0.15) is 0 Å². The molecule has 0 radical (unpaired) electrons. The fraction of sp³-hybridized carbons (Fsp3) is 0.550. The number of pyridine rings is 1. The number of hydrogen-bond acceptors (Lipinski definition) is 3. The van der Waals surface area contributed by atoms with Crippen LogP contribution in [0.5, 0.6) is 0 Å². The second-order valence-corrected chi connectivity index (χ2v) is 7.16. The maximum Gasteiger partial charge on any atom is 0.226 e. The van der Waals surface area contributed by atoms with Crippen LogP contribution in [0.15, 0.2) is 30.6 Å². The zero-order chi connectivity index (χ0) is 17.2. The number of aromatic nitrogens is 3. The number of likely N-dealkylation sites (tertiary alicyclic amines) is 1. The van der Waals surface area contributed by atoms with Crippen molar-refractivity contribution in [1.82, 2.24) is 19.4 Å². The quantitative estimate of drug-likeness (QED) is 0.854. The maximum absolute atomic E-state index is 12.9. The summed E-state index contributed by atoms with van der Waals surface area (Å²) >= 11 is 0. The molecule has 25 heavy (non-hydrogen) atoms. The third kappa shape index (κ3) is 3.08. The predicted octanol–water partition coefficient (Wildman–Crippen LogP) is 3.68. The normalized spacial score (nSPS) is 21.2. The average Bonchev–Trinajstić information content (AvgIpc) is 3.42. The largest absolute Gasteiger partial charge is 0.334 e. The van der Waals surface area contributed by atoms with Crippen molar-refractivity contribution in [2.75, 3.05) is 6.54 Å². The molecule has 1 atom stereocenters. The summed E-state index contributed by atoms with van der Waals surface area (Å²) in [6.45, 7) is 2.97. The van der Waals surface area contributed by atoms with Crippen LogP contribution >= 0.6 is 0 Å². The molecule has 2 aromatic heterocycles. The zero-order valence-corrected chi connectivity index (χ0v) is 14.9. The Hall–Kier alpha value is -2.17. The van der Waals surface area contributed by atoms with Crippen molar-refractivity contribution in [1.29, 1.82) is 0 Å². The molecular weight excluding hydrogens is 312 g/mol. The molecule has 4 rings (SSSR count). The minimum Gasteiger partial charge on any atom is -0.334 e. The average molecular weight is 338 g/mol. The van der Waals surface area contributed by atoms with Crippen LogP contribution in [0.1, 0.15) is 63.0 Å². The van der Waals surface area contributed by atoms with E-state index >= 15 is 0 Å². The van der Waals surface area contributed by atoms with E-state index < -0.39 is 0 Å². The van der Waals surface area contributed by atoms with Crippen LogP contribution < -0.4 is 0 Å². The Kier molecular flexibility index (Phi) is 4.55. The van der Waals surface area contributed by atoms with Crippen molar-refractivity contribution < 1.29 is 4.79 Å². The second kappa shape index (κ2) is 6.98. The Morgan fingerprint density at radius 2 is 2.04 bits per heavy atom. The summed E-state index contributed by atoms with van der Waals surface area (Å²) in [6, 6.07) is 6.26. The van der Waals surface area contributed by atoms with Gasteiger partial charge < -0.3 is 4.90 Å². The van der Waals surface area contributed by atoms with Gasteiger partial charge in [0.1, 0.15) is 11.6 Å². The fourth-order valence-electron chi connectivity index (χ4n) is 4.31. The molecule has 1 saturated heterocycles. The number of nitrogens with zero attached hydrogens (tertiary/aromatic N) is 4. The van der Waals surface area contributed by atoms with Crippen molar-refractivity contribution >= 4 is 5.91 Å². The number of hydrogen-bond donors (Lipinski definition) is 0. The number of imidazole rings is 1. The van der Waals surface area contributed by atoms with Crippen LogP contribution in [0.3, 0.4) is 0 Å². The van der Waals surface area contributed by atoms with E-state index in [0.29, 0.717) is 5.91 Å². The molecule has 2 aliphatic rings. The van der Waals surface area contributed by atoms with Gasteiger partial charge in [-0.15, -0.1) is 0 Å². The molecule has 0 spiro atoms. The van der Waals surface area contributed by atoms with E-state index in [9.17, 15) is 4.79 Å². The number of amides is 1. The summed E-state index contributed by atoms with van der Waals surface area (Å²) in [7, 11) is 0. The van der Waals surface area contributed by atoms with Gasteiger partial charge in [-0.3, -0.25) is 9.36 Å². The van der Waals surface area contributed by atoms with E-state index in [-0.39, 0.29) is 12.0 Å². The molecule has 5 nitrogen and oxygen atoms in total. The van der Waals surface area contributed by atoms with E-state index in [4.69, 9.17) is 4.98 Å². The lowest BCUT2D eigenvalue weighted by Gasteiger charge is -2.27. The minimum atomic E-state index is 0.127. The maximum atomic E-state index is 12.9. The Labute approximate surface area is 149 Å². The summed E-state index contributed by atoms with van der Waals surface area (Å²) in [5, 5.41) is 0. The van der Waals surface area contributed by atoms with Gasteiger partial charge in [0, 0.05) is 31.3 Å². The molecule has 1 aliphatic heterocycles. The minimum absolute atomic E-state index is 0.127. The third-order valence-electron chi connectivity index (χ3n) is 5.62.